The van der Waals surface area contributed by atoms with Gasteiger partial charge in [0.1, 0.15) is 18.1 Å². The number of hydrogen-bond acceptors (Lipinski definition) is 6. The number of rotatable bonds is 6. The first-order valence-electron chi connectivity index (χ1n) is 9.03. The van der Waals surface area contributed by atoms with Crippen molar-refractivity contribution >= 4 is 44.5 Å². The molecule has 0 atom stereocenters. The second kappa shape index (κ2) is 8.90. The van der Waals surface area contributed by atoms with Crippen molar-refractivity contribution in [3.8, 4) is 5.75 Å². The average molecular weight is 489 g/mol. The number of hydrogen-bond donors (Lipinski definition) is 2. The third-order valence-electron chi connectivity index (χ3n) is 4.36. The van der Waals surface area contributed by atoms with Gasteiger partial charge in [-0.15, -0.1) is 0 Å². The molecule has 13 heteroatoms. The van der Waals surface area contributed by atoms with Crippen LogP contribution in [0.1, 0.15) is 5.82 Å². The quantitative estimate of drug-likeness (QED) is 0.506. The van der Waals surface area contributed by atoms with Gasteiger partial charge in [-0.1, -0.05) is 6.07 Å². The number of anilines is 1. The molecule has 1 aromatic heterocycles. The number of methoxy groups -OCH3 is 1. The van der Waals surface area contributed by atoms with E-state index in [1.165, 1.54) is 32.2 Å². The SMILES string of the molecule is COc1ccc(S(C)(=O)=O)cc1NC(=O)NSc1cccc2nc(C)n(CC(F)(F)F)c12. The van der Waals surface area contributed by atoms with Crippen molar-refractivity contribution in [3.63, 3.8) is 0 Å². The number of sulfone groups is 1. The number of alkyl halides is 3. The maximum absolute atomic E-state index is 13.0. The van der Waals surface area contributed by atoms with Gasteiger partial charge in [0.05, 0.1) is 33.6 Å². The van der Waals surface area contributed by atoms with Crippen molar-refractivity contribution in [1.29, 1.82) is 0 Å². The topological polar surface area (TPSA) is 102 Å². The van der Waals surface area contributed by atoms with E-state index >= 15 is 0 Å². The fourth-order valence-corrected chi connectivity index (χ4v) is 4.35. The van der Waals surface area contributed by atoms with E-state index in [1.54, 1.807) is 18.2 Å². The summed E-state index contributed by atoms with van der Waals surface area (Å²) >= 11 is 0.805. The van der Waals surface area contributed by atoms with Crippen LogP contribution < -0.4 is 14.8 Å². The molecule has 2 aromatic carbocycles. The molecule has 0 bridgehead atoms. The molecule has 8 nitrogen and oxygen atoms in total. The molecule has 0 radical (unpaired) electrons. The Balaban J connectivity index is 1.83. The lowest BCUT2D eigenvalue weighted by molar-refractivity contribution is -0.140. The van der Waals surface area contributed by atoms with Crippen LogP contribution in [0.2, 0.25) is 0 Å². The first kappa shape index (κ1) is 23.7. The van der Waals surface area contributed by atoms with Crippen LogP contribution in [0.4, 0.5) is 23.7 Å². The Bertz CT molecular complexity index is 1270. The van der Waals surface area contributed by atoms with Crippen molar-refractivity contribution in [2.45, 2.75) is 29.4 Å². The minimum atomic E-state index is -4.44. The van der Waals surface area contributed by atoms with E-state index in [0.29, 0.717) is 10.4 Å². The van der Waals surface area contributed by atoms with Crippen LogP contribution in [0, 0.1) is 6.92 Å². The van der Waals surface area contributed by atoms with Crippen LogP contribution in [0.25, 0.3) is 11.0 Å². The van der Waals surface area contributed by atoms with E-state index in [4.69, 9.17) is 4.74 Å². The molecule has 0 saturated heterocycles. The highest BCUT2D eigenvalue weighted by molar-refractivity contribution is 7.98. The third kappa shape index (κ3) is 5.46. The molecule has 0 saturated carbocycles. The molecule has 0 aliphatic carbocycles. The zero-order valence-electron chi connectivity index (χ0n) is 17.1. The molecule has 0 aliphatic heterocycles. The van der Waals surface area contributed by atoms with Crippen LogP contribution in [0.3, 0.4) is 0 Å². The number of nitrogens with zero attached hydrogens (tertiary/aromatic N) is 2. The average Bonchev–Trinajstić information content (AvgIpc) is 3.00. The molecule has 32 heavy (non-hydrogen) atoms. The van der Waals surface area contributed by atoms with Gasteiger partial charge in [0.25, 0.3) is 0 Å². The molecular weight excluding hydrogens is 469 g/mol. The summed E-state index contributed by atoms with van der Waals surface area (Å²) in [5.41, 5.74) is 0.718. The standard InChI is InChI=1S/C19H19F3N4O4S2/c1-11-23-13-5-4-6-16(17(13)26(11)10-19(20,21)22)31-25-18(27)24-14-9-12(32(3,28)29)7-8-15(14)30-2/h4-9H,10H2,1-3H3,(H2,24,25,27). The van der Waals surface area contributed by atoms with E-state index in [1.807, 2.05) is 0 Å². The molecule has 172 valence electrons. The van der Waals surface area contributed by atoms with E-state index in [-0.39, 0.29) is 27.7 Å². The number of carbonyl (C=O) groups is 1. The normalized spacial score (nSPS) is 12.1. The van der Waals surface area contributed by atoms with Crippen LogP contribution in [0.5, 0.6) is 5.75 Å². The summed E-state index contributed by atoms with van der Waals surface area (Å²) in [5, 5.41) is 2.49. The molecule has 0 aliphatic rings. The van der Waals surface area contributed by atoms with Crippen molar-refractivity contribution < 1.29 is 31.1 Å². The van der Waals surface area contributed by atoms with E-state index in [0.717, 1.165) is 22.8 Å². The monoisotopic (exact) mass is 488 g/mol. The Hall–Kier alpha value is -2.93. The molecule has 0 unspecified atom stereocenters. The Morgan fingerprint density at radius 1 is 1.25 bits per heavy atom. The number of benzene rings is 2. The minimum Gasteiger partial charge on any atom is -0.495 e. The summed E-state index contributed by atoms with van der Waals surface area (Å²) < 4.78 is 71.3. The van der Waals surface area contributed by atoms with Crippen molar-refractivity contribution in [3.05, 3.63) is 42.2 Å². The number of para-hydroxylation sites is 1. The summed E-state index contributed by atoms with van der Waals surface area (Å²) in [6.45, 7) is 0.260. The van der Waals surface area contributed by atoms with Gasteiger partial charge in [0.2, 0.25) is 0 Å². The molecule has 0 fully saturated rings. The van der Waals surface area contributed by atoms with Crippen molar-refractivity contribution in [2.24, 2.45) is 0 Å². The predicted molar refractivity (Wildman–Crippen MR) is 115 cm³/mol. The van der Waals surface area contributed by atoms with E-state index < -0.39 is 28.6 Å². The summed E-state index contributed by atoms with van der Waals surface area (Å²) in [7, 11) is -2.16. The summed E-state index contributed by atoms with van der Waals surface area (Å²) in [4.78, 5) is 16.9. The fourth-order valence-electron chi connectivity index (χ4n) is 2.99. The minimum absolute atomic E-state index is 0.0162. The molecule has 2 N–H and O–H groups in total. The Morgan fingerprint density at radius 2 is 1.97 bits per heavy atom. The zero-order chi connectivity index (χ0) is 23.7. The first-order valence-corrected chi connectivity index (χ1v) is 11.7. The van der Waals surface area contributed by atoms with Gasteiger partial charge < -0.3 is 14.6 Å². The van der Waals surface area contributed by atoms with Gasteiger partial charge >= 0.3 is 12.2 Å². The second-order valence-electron chi connectivity index (χ2n) is 6.78. The summed E-state index contributed by atoms with van der Waals surface area (Å²) in [6.07, 6.45) is -3.41. The van der Waals surface area contributed by atoms with Gasteiger partial charge in [-0.2, -0.15) is 13.2 Å². The van der Waals surface area contributed by atoms with E-state index in [2.05, 4.69) is 15.0 Å². The lowest BCUT2D eigenvalue weighted by Crippen LogP contribution is -2.23. The second-order valence-corrected chi connectivity index (χ2v) is 9.64. The fraction of sp³-hybridized carbons (Fsp3) is 0.263. The number of aromatic nitrogens is 2. The number of fused-ring (bicyclic) bond motifs is 1. The molecule has 3 rings (SSSR count). The van der Waals surface area contributed by atoms with Crippen molar-refractivity contribution in [2.75, 3.05) is 18.7 Å². The maximum Gasteiger partial charge on any atom is 0.406 e. The number of urea groups is 1. The maximum atomic E-state index is 13.0. The lowest BCUT2D eigenvalue weighted by atomic mass is 10.3. The molecule has 3 aromatic rings. The Kier molecular flexibility index (Phi) is 6.60. The van der Waals surface area contributed by atoms with Gasteiger partial charge in [0.15, 0.2) is 9.84 Å². The molecule has 0 spiro atoms. The van der Waals surface area contributed by atoms with Gasteiger partial charge in [-0.3, -0.25) is 4.72 Å². The van der Waals surface area contributed by atoms with Crippen LogP contribution >= 0.6 is 11.9 Å². The van der Waals surface area contributed by atoms with Crippen LogP contribution in [-0.2, 0) is 16.4 Å². The number of amides is 2. The Morgan fingerprint density at radius 3 is 2.59 bits per heavy atom. The van der Waals surface area contributed by atoms with Crippen molar-refractivity contribution in [1.82, 2.24) is 14.3 Å². The molecule has 2 amide bonds. The zero-order valence-corrected chi connectivity index (χ0v) is 18.8. The number of aryl methyl sites for hydroxylation is 1. The summed E-state index contributed by atoms with van der Waals surface area (Å²) in [6, 6.07) is 8.03. The Labute approximate surface area is 186 Å². The van der Waals surface area contributed by atoms with Crippen LogP contribution in [-0.4, -0.2) is 43.5 Å². The molecule has 1 heterocycles. The highest BCUT2D eigenvalue weighted by Gasteiger charge is 2.30. The number of carbonyl (C=O) groups excluding carboxylic acids is 1. The van der Waals surface area contributed by atoms with Gasteiger partial charge in [-0.25, -0.2) is 18.2 Å². The summed E-state index contributed by atoms with van der Waals surface area (Å²) in [5.74, 6) is 0.427. The smallest absolute Gasteiger partial charge is 0.406 e. The predicted octanol–water partition coefficient (Wildman–Crippen LogP) is 4.15. The number of nitrogens with one attached hydrogen (secondary N) is 2. The number of imidazole rings is 1. The van der Waals surface area contributed by atoms with Gasteiger partial charge in [0, 0.05) is 6.26 Å². The highest BCUT2D eigenvalue weighted by Crippen LogP contribution is 2.31. The number of ether oxygens (including phenoxy) is 1. The van der Waals surface area contributed by atoms with E-state index in [9.17, 15) is 26.4 Å². The third-order valence-corrected chi connectivity index (χ3v) is 6.31. The highest BCUT2D eigenvalue weighted by atomic mass is 32.2. The number of halogens is 3. The lowest BCUT2D eigenvalue weighted by Gasteiger charge is -2.14. The van der Waals surface area contributed by atoms with Crippen LogP contribution in [0.15, 0.2) is 46.2 Å². The van der Waals surface area contributed by atoms with Gasteiger partial charge in [-0.05, 0) is 49.2 Å². The first-order chi connectivity index (χ1) is 14.9. The largest absolute Gasteiger partial charge is 0.495 e. The molecular formula is C19H19F3N4O4S2.